The largest absolute Gasteiger partial charge is 0.378 e. The van der Waals surface area contributed by atoms with Crippen molar-refractivity contribution in [2.24, 2.45) is 0 Å². The quantitative estimate of drug-likeness (QED) is 0.753. The summed E-state index contributed by atoms with van der Waals surface area (Å²) < 4.78 is 18.5. The van der Waals surface area contributed by atoms with Crippen LogP contribution in [0, 0.1) is 5.82 Å². The first-order chi connectivity index (χ1) is 13.7. The normalized spacial score (nSPS) is 14.0. The Labute approximate surface area is 162 Å². The van der Waals surface area contributed by atoms with Crippen LogP contribution in [-0.2, 0) is 4.74 Å². The summed E-state index contributed by atoms with van der Waals surface area (Å²) in [5.74, 6) is 0.438. The van der Waals surface area contributed by atoms with E-state index in [1.165, 1.54) is 12.1 Å². The number of amides is 1. The summed E-state index contributed by atoms with van der Waals surface area (Å²) in [6, 6.07) is 17.0. The molecule has 0 saturated carbocycles. The molecule has 6 nitrogen and oxygen atoms in total. The third-order valence-corrected chi connectivity index (χ3v) is 4.39. The highest BCUT2D eigenvalue weighted by Crippen LogP contribution is 2.22. The standard InChI is InChI=1S/C21H19FN4O2/c22-16-6-8-17(9-7-16)23-19-14-18(21(27)26-10-12-28-13-11-26)24-20(25-19)15-4-2-1-3-5-15/h1-9,14H,10-13H2,(H,23,24,25). The van der Waals surface area contributed by atoms with Gasteiger partial charge in [0, 0.05) is 30.4 Å². The molecule has 1 saturated heterocycles. The number of nitrogens with zero attached hydrogens (tertiary/aromatic N) is 3. The van der Waals surface area contributed by atoms with Crippen molar-refractivity contribution in [3.05, 3.63) is 72.2 Å². The Balaban J connectivity index is 1.70. The lowest BCUT2D eigenvalue weighted by atomic mass is 10.2. The van der Waals surface area contributed by atoms with Gasteiger partial charge in [-0.3, -0.25) is 4.79 Å². The van der Waals surface area contributed by atoms with Gasteiger partial charge in [0.15, 0.2) is 5.82 Å². The molecule has 1 amide bonds. The molecule has 0 bridgehead atoms. The molecule has 0 atom stereocenters. The molecule has 2 heterocycles. The molecule has 4 rings (SSSR count). The van der Waals surface area contributed by atoms with Crippen molar-refractivity contribution in [1.82, 2.24) is 14.9 Å². The zero-order valence-corrected chi connectivity index (χ0v) is 15.1. The maximum Gasteiger partial charge on any atom is 0.272 e. The van der Waals surface area contributed by atoms with Gasteiger partial charge in [0.25, 0.3) is 5.91 Å². The minimum Gasteiger partial charge on any atom is -0.378 e. The van der Waals surface area contributed by atoms with E-state index in [0.29, 0.717) is 49.3 Å². The van der Waals surface area contributed by atoms with Gasteiger partial charge in [-0.25, -0.2) is 14.4 Å². The number of carbonyl (C=O) groups is 1. The van der Waals surface area contributed by atoms with Crippen LogP contribution in [0.4, 0.5) is 15.9 Å². The second-order valence-electron chi connectivity index (χ2n) is 6.36. The van der Waals surface area contributed by atoms with Crippen LogP contribution in [0.3, 0.4) is 0 Å². The average Bonchev–Trinajstić information content (AvgIpc) is 2.76. The van der Waals surface area contributed by atoms with Crippen LogP contribution in [0.2, 0.25) is 0 Å². The zero-order chi connectivity index (χ0) is 19.3. The molecule has 0 spiro atoms. The van der Waals surface area contributed by atoms with Crippen LogP contribution in [0.25, 0.3) is 11.4 Å². The van der Waals surface area contributed by atoms with Gasteiger partial charge in [0.1, 0.15) is 17.3 Å². The van der Waals surface area contributed by atoms with Gasteiger partial charge >= 0.3 is 0 Å². The van der Waals surface area contributed by atoms with Crippen molar-refractivity contribution in [3.8, 4) is 11.4 Å². The number of morpholine rings is 1. The van der Waals surface area contributed by atoms with Crippen molar-refractivity contribution in [2.75, 3.05) is 31.6 Å². The van der Waals surface area contributed by atoms with E-state index in [1.807, 2.05) is 30.3 Å². The molecule has 1 fully saturated rings. The van der Waals surface area contributed by atoms with Crippen molar-refractivity contribution in [3.63, 3.8) is 0 Å². The van der Waals surface area contributed by atoms with Crippen LogP contribution in [0.5, 0.6) is 0 Å². The highest BCUT2D eigenvalue weighted by Gasteiger charge is 2.21. The fraction of sp³-hybridized carbons (Fsp3) is 0.190. The van der Waals surface area contributed by atoms with Crippen molar-refractivity contribution < 1.29 is 13.9 Å². The molecule has 3 aromatic rings. The smallest absolute Gasteiger partial charge is 0.272 e. The number of rotatable bonds is 4. The highest BCUT2D eigenvalue weighted by molar-refractivity contribution is 5.93. The number of aromatic nitrogens is 2. The summed E-state index contributed by atoms with van der Waals surface area (Å²) in [5.41, 5.74) is 1.78. The second-order valence-corrected chi connectivity index (χ2v) is 6.36. The molecule has 2 aromatic carbocycles. The summed E-state index contributed by atoms with van der Waals surface area (Å²) >= 11 is 0. The van der Waals surface area contributed by atoms with Crippen LogP contribution in [-0.4, -0.2) is 47.1 Å². The minimum atomic E-state index is -0.318. The summed E-state index contributed by atoms with van der Waals surface area (Å²) in [6.07, 6.45) is 0. The van der Waals surface area contributed by atoms with E-state index in [0.717, 1.165) is 5.56 Å². The summed E-state index contributed by atoms with van der Waals surface area (Å²) in [6.45, 7) is 2.10. The first-order valence-electron chi connectivity index (χ1n) is 9.03. The Hall–Kier alpha value is -3.32. The van der Waals surface area contributed by atoms with E-state index in [1.54, 1.807) is 23.1 Å². The van der Waals surface area contributed by atoms with Crippen molar-refractivity contribution in [2.45, 2.75) is 0 Å². The SMILES string of the molecule is O=C(c1cc(Nc2ccc(F)cc2)nc(-c2ccccc2)n1)N1CCOCC1. The Bertz CT molecular complexity index is 958. The number of halogens is 1. The number of hydrogen-bond donors (Lipinski definition) is 1. The molecular weight excluding hydrogens is 359 g/mol. The average molecular weight is 378 g/mol. The van der Waals surface area contributed by atoms with Crippen LogP contribution < -0.4 is 5.32 Å². The van der Waals surface area contributed by atoms with E-state index in [4.69, 9.17) is 4.74 Å². The lowest BCUT2D eigenvalue weighted by molar-refractivity contribution is 0.0299. The van der Waals surface area contributed by atoms with E-state index in [-0.39, 0.29) is 11.7 Å². The maximum absolute atomic E-state index is 13.2. The lowest BCUT2D eigenvalue weighted by Gasteiger charge is -2.26. The van der Waals surface area contributed by atoms with Gasteiger partial charge in [-0.1, -0.05) is 30.3 Å². The predicted octanol–water partition coefficient (Wildman–Crippen LogP) is 3.50. The Kier molecular flexibility index (Phi) is 5.25. The summed E-state index contributed by atoms with van der Waals surface area (Å²) in [4.78, 5) is 23.7. The molecule has 1 aromatic heterocycles. The predicted molar refractivity (Wildman–Crippen MR) is 104 cm³/mol. The molecule has 142 valence electrons. The third-order valence-electron chi connectivity index (χ3n) is 4.39. The molecule has 7 heteroatoms. The number of anilines is 2. The molecule has 1 aliphatic heterocycles. The van der Waals surface area contributed by atoms with E-state index in [9.17, 15) is 9.18 Å². The molecular formula is C21H19FN4O2. The summed E-state index contributed by atoms with van der Waals surface area (Å²) in [7, 11) is 0. The number of benzene rings is 2. The van der Waals surface area contributed by atoms with Crippen molar-refractivity contribution >= 4 is 17.4 Å². The first kappa shape index (κ1) is 18.1. The molecule has 0 unspecified atom stereocenters. The number of carbonyl (C=O) groups excluding carboxylic acids is 1. The minimum absolute atomic E-state index is 0.162. The van der Waals surface area contributed by atoms with E-state index < -0.39 is 0 Å². The lowest BCUT2D eigenvalue weighted by Crippen LogP contribution is -2.41. The van der Waals surface area contributed by atoms with Gasteiger partial charge in [0.05, 0.1) is 13.2 Å². The van der Waals surface area contributed by atoms with E-state index in [2.05, 4.69) is 15.3 Å². The fourth-order valence-corrected chi connectivity index (χ4v) is 2.95. The Morgan fingerprint density at radius 2 is 1.71 bits per heavy atom. The van der Waals surface area contributed by atoms with Gasteiger partial charge in [-0.15, -0.1) is 0 Å². The number of hydrogen-bond acceptors (Lipinski definition) is 5. The molecule has 28 heavy (non-hydrogen) atoms. The molecule has 0 aliphatic carbocycles. The first-order valence-corrected chi connectivity index (χ1v) is 9.03. The van der Waals surface area contributed by atoms with Crippen molar-refractivity contribution in [1.29, 1.82) is 0 Å². The maximum atomic E-state index is 13.2. The topological polar surface area (TPSA) is 67.4 Å². The highest BCUT2D eigenvalue weighted by atomic mass is 19.1. The number of ether oxygens (including phenoxy) is 1. The summed E-state index contributed by atoms with van der Waals surface area (Å²) in [5, 5.41) is 3.13. The zero-order valence-electron chi connectivity index (χ0n) is 15.1. The van der Waals surface area contributed by atoms with Gasteiger partial charge in [0.2, 0.25) is 0 Å². The fourth-order valence-electron chi connectivity index (χ4n) is 2.95. The Morgan fingerprint density at radius 1 is 1.00 bits per heavy atom. The van der Waals surface area contributed by atoms with Gasteiger partial charge < -0.3 is 15.0 Å². The number of nitrogens with one attached hydrogen (secondary N) is 1. The van der Waals surface area contributed by atoms with Gasteiger partial charge in [-0.2, -0.15) is 0 Å². The molecule has 1 aliphatic rings. The molecule has 0 radical (unpaired) electrons. The van der Waals surface area contributed by atoms with Crippen LogP contribution in [0.15, 0.2) is 60.7 Å². The monoisotopic (exact) mass is 378 g/mol. The van der Waals surface area contributed by atoms with E-state index >= 15 is 0 Å². The Morgan fingerprint density at radius 3 is 2.43 bits per heavy atom. The van der Waals surface area contributed by atoms with Gasteiger partial charge in [-0.05, 0) is 24.3 Å². The third kappa shape index (κ3) is 4.15. The second kappa shape index (κ2) is 8.14. The molecule has 1 N–H and O–H groups in total. The van der Waals surface area contributed by atoms with Crippen LogP contribution in [0.1, 0.15) is 10.5 Å². The van der Waals surface area contributed by atoms with Crippen LogP contribution >= 0.6 is 0 Å².